The number of carbonyl (C=O) groups is 1. The van der Waals surface area contributed by atoms with Gasteiger partial charge in [-0.05, 0) is 30.2 Å². The molecule has 0 unspecified atom stereocenters. The fourth-order valence-electron chi connectivity index (χ4n) is 2.29. The average Bonchev–Trinajstić information content (AvgIpc) is 2.47. The van der Waals surface area contributed by atoms with Crippen LogP contribution in [-0.4, -0.2) is 13.3 Å². The Bertz CT molecular complexity index is 644. The van der Waals surface area contributed by atoms with Crippen LogP contribution in [0.2, 0.25) is 0 Å². The minimum Gasteiger partial charge on any atom is -0.437 e. The summed E-state index contributed by atoms with van der Waals surface area (Å²) in [5.41, 5.74) is 3.34. The number of ether oxygens (including phenoxy) is 2. The molecule has 0 amide bonds. The molecule has 110 valence electrons. The molecule has 0 aliphatic heterocycles. The maximum absolute atomic E-state index is 11.2. The molecule has 0 bridgehead atoms. The quantitative estimate of drug-likeness (QED) is 0.616. The van der Waals surface area contributed by atoms with Crippen LogP contribution >= 0.6 is 0 Å². The number of aryl methyl sites for hydroxylation is 1. The first-order valence-corrected chi connectivity index (χ1v) is 6.87. The number of hydrogen-bond donors (Lipinski definition) is 0. The Hall–Kier alpha value is -2.29. The van der Waals surface area contributed by atoms with Crippen LogP contribution in [0.5, 0.6) is 5.75 Å². The molecule has 3 heteroatoms. The molecule has 21 heavy (non-hydrogen) atoms. The van der Waals surface area contributed by atoms with Gasteiger partial charge in [0.2, 0.25) is 0 Å². The standard InChI is InChI=1S/C18H20O3/c1-13-7-5-8-14(11-13)18(2,3)15-9-6-10-16(12-15)21-17(19)20-4/h5-12H,1-4H3. The van der Waals surface area contributed by atoms with Crippen LogP contribution in [0, 0.1) is 6.92 Å². The molecule has 0 aromatic heterocycles. The molecule has 0 atom stereocenters. The molecule has 0 aliphatic carbocycles. The van der Waals surface area contributed by atoms with Crippen LogP contribution in [0.25, 0.3) is 0 Å². The molecule has 3 nitrogen and oxygen atoms in total. The molecule has 0 fully saturated rings. The lowest BCUT2D eigenvalue weighted by atomic mass is 9.78. The molecule has 0 spiro atoms. The summed E-state index contributed by atoms with van der Waals surface area (Å²) in [6.45, 7) is 6.38. The summed E-state index contributed by atoms with van der Waals surface area (Å²) in [4.78, 5) is 11.2. The second-order valence-corrected chi connectivity index (χ2v) is 5.58. The molecule has 2 aromatic rings. The van der Waals surface area contributed by atoms with Gasteiger partial charge in [0.25, 0.3) is 0 Å². The van der Waals surface area contributed by atoms with Gasteiger partial charge in [0.1, 0.15) is 5.75 Å². The van der Waals surface area contributed by atoms with Gasteiger partial charge in [-0.3, -0.25) is 0 Å². The largest absolute Gasteiger partial charge is 0.513 e. The van der Waals surface area contributed by atoms with E-state index in [4.69, 9.17) is 4.74 Å². The molecular formula is C18H20O3. The van der Waals surface area contributed by atoms with Crippen molar-refractivity contribution in [3.63, 3.8) is 0 Å². The van der Waals surface area contributed by atoms with E-state index < -0.39 is 6.16 Å². The average molecular weight is 284 g/mol. The van der Waals surface area contributed by atoms with Crippen molar-refractivity contribution in [2.45, 2.75) is 26.2 Å². The van der Waals surface area contributed by atoms with Crippen molar-refractivity contribution < 1.29 is 14.3 Å². The number of carbonyl (C=O) groups excluding carboxylic acids is 1. The second-order valence-electron chi connectivity index (χ2n) is 5.58. The Labute approximate surface area is 125 Å². The maximum atomic E-state index is 11.2. The lowest BCUT2D eigenvalue weighted by molar-refractivity contribution is 0.121. The molecular weight excluding hydrogens is 264 g/mol. The van der Waals surface area contributed by atoms with E-state index in [0.717, 1.165) is 5.56 Å². The minimum atomic E-state index is -0.708. The first kappa shape index (κ1) is 15.1. The number of rotatable bonds is 3. The Balaban J connectivity index is 2.36. The van der Waals surface area contributed by atoms with E-state index >= 15 is 0 Å². The van der Waals surface area contributed by atoms with Crippen molar-refractivity contribution in [3.8, 4) is 5.75 Å². The van der Waals surface area contributed by atoms with Gasteiger partial charge in [-0.25, -0.2) is 4.79 Å². The predicted molar refractivity (Wildman–Crippen MR) is 82.8 cm³/mol. The fraction of sp³-hybridized carbons (Fsp3) is 0.278. The van der Waals surface area contributed by atoms with E-state index in [9.17, 15) is 4.79 Å². The zero-order valence-electron chi connectivity index (χ0n) is 12.8. The van der Waals surface area contributed by atoms with Crippen LogP contribution < -0.4 is 4.74 Å². The van der Waals surface area contributed by atoms with Crippen molar-refractivity contribution in [1.82, 2.24) is 0 Å². The van der Waals surface area contributed by atoms with E-state index in [1.54, 1.807) is 6.07 Å². The van der Waals surface area contributed by atoms with Crippen molar-refractivity contribution in [1.29, 1.82) is 0 Å². The van der Waals surface area contributed by atoms with E-state index in [1.165, 1.54) is 18.2 Å². The summed E-state index contributed by atoms with van der Waals surface area (Å²) in [5.74, 6) is 0.486. The first-order valence-electron chi connectivity index (χ1n) is 6.87. The van der Waals surface area contributed by atoms with E-state index in [2.05, 4.69) is 49.8 Å². The summed E-state index contributed by atoms with van der Waals surface area (Å²) < 4.78 is 9.62. The third kappa shape index (κ3) is 3.43. The van der Waals surface area contributed by atoms with Crippen LogP contribution in [0.1, 0.15) is 30.5 Å². The van der Waals surface area contributed by atoms with Crippen molar-refractivity contribution >= 4 is 6.16 Å². The number of hydrogen-bond acceptors (Lipinski definition) is 3. The zero-order valence-corrected chi connectivity index (χ0v) is 12.8. The van der Waals surface area contributed by atoms with Gasteiger partial charge < -0.3 is 9.47 Å². The van der Waals surface area contributed by atoms with Gasteiger partial charge in [-0.1, -0.05) is 55.8 Å². The third-order valence-electron chi connectivity index (χ3n) is 3.66. The Morgan fingerprint density at radius 1 is 1.00 bits per heavy atom. The monoisotopic (exact) mass is 284 g/mol. The van der Waals surface area contributed by atoms with E-state index in [1.807, 2.05) is 18.2 Å². The van der Waals surface area contributed by atoms with E-state index in [-0.39, 0.29) is 5.41 Å². The topological polar surface area (TPSA) is 35.5 Å². The molecule has 0 N–H and O–H groups in total. The highest BCUT2D eigenvalue weighted by molar-refractivity contribution is 5.63. The highest BCUT2D eigenvalue weighted by Crippen LogP contribution is 2.33. The molecule has 0 aliphatic rings. The van der Waals surface area contributed by atoms with Crippen LogP contribution in [0.15, 0.2) is 48.5 Å². The van der Waals surface area contributed by atoms with Gasteiger partial charge in [0, 0.05) is 5.41 Å². The highest BCUT2D eigenvalue weighted by atomic mass is 16.7. The fourth-order valence-corrected chi connectivity index (χ4v) is 2.29. The smallest absolute Gasteiger partial charge is 0.437 e. The first-order chi connectivity index (χ1) is 9.93. The second kappa shape index (κ2) is 6.00. The Morgan fingerprint density at radius 2 is 1.62 bits per heavy atom. The molecule has 2 rings (SSSR count). The van der Waals surface area contributed by atoms with Gasteiger partial charge >= 0.3 is 6.16 Å². The minimum absolute atomic E-state index is 0.179. The molecule has 0 saturated carbocycles. The lowest BCUT2D eigenvalue weighted by Crippen LogP contribution is -2.19. The third-order valence-corrected chi connectivity index (χ3v) is 3.66. The summed E-state index contributed by atoms with van der Waals surface area (Å²) >= 11 is 0. The Morgan fingerprint density at radius 3 is 2.24 bits per heavy atom. The number of benzene rings is 2. The van der Waals surface area contributed by atoms with Gasteiger partial charge in [-0.2, -0.15) is 0 Å². The van der Waals surface area contributed by atoms with Crippen LogP contribution in [0.4, 0.5) is 4.79 Å². The van der Waals surface area contributed by atoms with Gasteiger partial charge in [0.05, 0.1) is 7.11 Å². The van der Waals surface area contributed by atoms with Crippen LogP contribution in [0.3, 0.4) is 0 Å². The van der Waals surface area contributed by atoms with E-state index in [0.29, 0.717) is 5.75 Å². The summed E-state index contributed by atoms with van der Waals surface area (Å²) in [6, 6.07) is 16.0. The van der Waals surface area contributed by atoms with Crippen molar-refractivity contribution in [2.24, 2.45) is 0 Å². The molecule has 2 aromatic carbocycles. The lowest BCUT2D eigenvalue weighted by Gasteiger charge is -2.26. The molecule has 0 saturated heterocycles. The molecule has 0 heterocycles. The van der Waals surface area contributed by atoms with Gasteiger partial charge in [-0.15, -0.1) is 0 Å². The van der Waals surface area contributed by atoms with Crippen molar-refractivity contribution in [2.75, 3.05) is 7.11 Å². The van der Waals surface area contributed by atoms with Crippen LogP contribution in [-0.2, 0) is 10.2 Å². The number of methoxy groups -OCH3 is 1. The van der Waals surface area contributed by atoms with Gasteiger partial charge in [0.15, 0.2) is 0 Å². The summed E-state index contributed by atoms with van der Waals surface area (Å²) in [6.07, 6.45) is -0.708. The normalized spacial score (nSPS) is 11.0. The summed E-state index contributed by atoms with van der Waals surface area (Å²) in [5, 5.41) is 0. The summed E-state index contributed by atoms with van der Waals surface area (Å²) in [7, 11) is 1.29. The maximum Gasteiger partial charge on any atom is 0.513 e. The SMILES string of the molecule is COC(=O)Oc1cccc(C(C)(C)c2cccc(C)c2)c1. The Kier molecular flexibility index (Phi) is 4.32. The van der Waals surface area contributed by atoms with Crippen molar-refractivity contribution in [3.05, 3.63) is 65.2 Å². The zero-order chi connectivity index (χ0) is 15.5. The highest BCUT2D eigenvalue weighted by Gasteiger charge is 2.23. The predicted octanol–water partition coefficient (Wildman–Crippen LogP) is 4.47. The molecule has 0 radical (unpaired) electrons.